The minimum Gasteiger partial charge on any atom is -0.440 e. The molecule has 1 aliphatic heterocycles. The van der Waals surface area contributed by atoms with E-state index in [1.807, 2.05) is 30.3 Å². The molecule has 1 aromatic heterocycles. The molecule has 0 saturated carbocycles. The number of halogens is 3. The first-order valence-electron chi connectivity index (χ1n) is 12.3. The topological polar surface area (TPSA) is 87.4 Å². The minimum absolute atomic E-state index is 0.0000632. The molecular formula is C28H34F3N3O3. The highest BCUT2D eigenvalue weighted by atomic mass is 19.1. The van der Waals surface area contributed by atoms with Crippen LogP contribution in [0.25, 0.3) is 11.5 Å². The fourth-order valence-electron chi connectivity index (χ4n) is 3.92. The first kappa shape index (κ1) is 28.4. The van der Waals surface area contributed by atoms with Crippen LogP contribution < -0.4 is 10.6 Å². The number of aliphatic hydroxyl groups is 1. The number of hydrogen-bond acceptors (Lipinski definition) is 5. The van der Waals surface area contributed by atoms with E-state index in [0.717, 1.165) is 29.5 Å². The van der Waals surface area contributed by atoms with Gasteiger partial charge in [0.05, 0.1) is 11.3 Å². The zero-order valence-corrected chi connectivity index (χ0v) is 21.4. The molecule has 2 heterocycles. The van der Waals surface area contributed by atoms with Crippen molar-refractivity contribution in [3.8, 4) is 11.5 Å². The largest absolute Gasteiger partial charge is 0.440 e. The van der Waals surface area contributed by atoms with Gasteiger partial charge in [-0.2, -0.15) is 0 Å². The Morgan fingerprint density at radius 2 is 1.89 bits per heavy atom. The van der Waals surface area contributed by atoms with Crippen LogP contribution in [-0.4, -0.2) is 48.4 Å². The van der Waals surface area contributed by atoms with Crippen LogP contribution in [0.4, 0.5) is 13.2 Å². The van der Waals surface area contributed by atoms with Gasteiger partial charge >= 0.3 is 0 Å². The maximum Gasteiger partial charge on any atom is 0.245 e. The Kier molecular flexibility index (Phi) is 9.88. The van der Waals surface area contributed by atoms with Crippen LogP contribution in [0.2, 0.25) is 0 Å². The molecule has 37 heavy (non-hydrogen) atoms. The molecule has 0 bridgehead atoms. The predicted octanol–water partition coefficient (Wildman–Crippen LogP) is 4.45. The van der Waals surface area contributed by atoms with E-state index in [1.165, 1.54) is 0 Å². The van der Waals surface area contributed by atoms with Gasteiger partial charge in [0.15, 0.2) is 0 Å². The Hall–Kier alpha value is -3.17. The van der Waals surface area contributed by atoms with Crippen molar-refractivity contribution in [1.29, 1.82) is 0 Å². The van der Waals surface area contributed by atoms with Crippen molar-refractivity contribution in [1.82, 2.24) is 15.6 Å². The second-order valence-corrected chi connectivity index (χ2v) is 10.3. The number of carbonyl (C=O) groups is 1. The summed E-state index contributed by atoms with van der Waals surface area (Å²) in [5, 5.41) is 13.7. The van der Waals surface area contributed by atoms with E-state index < -0.39 is 30.3 Å². The molecule has 3 aromatic rings. The predicted molar refractivity (Wildman–Crippen MR) is 136 cm³/mol. The van der Waals surface area contributed by atoms with Crippen molar-refractivity contribution in [3.05, 3.63) is 77.2 Å². The maximum atomic E-state index is 14.1. The molecular weight excluding hydrogens is 483 g/mol. The summed E-state index contributed by atoms with van der Waals surface area (Å²) in [6, 6.07) is 13.2. The number of carbonyl (C=O) groups excluding carboxylic acids is 1. The highest BCUT2D eigenvalue weighted by molar-refractivity contribution is 5.76. The Balaban J connectivity index is 0.000000266. The average Bonchev–Trinajstić information content (AvgIpc) is 3.44. The van der Waals surface area contributed by atoms with Crippen LogP contribution in [-0.2, 0) is 17.6 Å². The summed E-state index contributed by atoms with van der Waals surface area (Å²) in [5.41, 5.74) is 1.92. The first-order chi connectivity index (χ1) is 17.6. The van der Waals surface area contributed by atoms with Crippen LogP contribution in [0.3, 0.4) is 0 Å². The number of aromatic nitrogens is 1. The molecule has 9 heteroatoms. The second-order valence-electron chi connectivity index (χ2n) is 10.3. The minimum atomic E-state index is -0.885. The van der Waals surface area contributed by atoms with Crippen molar-refractivity contribution in [2.45, 2.75) is 39.8 Å². The summed E-state index contributed by atoms with van der Waals surface area (Å²) < 4.78 is 46.4. The molecule has 1 aliphatic rings. The molecule has 2 unspecified atom stereocenters. The molecule has 1 saturated heterocycles. The standard InChI is InChI=1S/C21H21F2NO.C7H13FN2O2/c1-21(2,3)13-18-19(11-14-7-5-4-6-8-14)25-20(24-18)16-12-15(22)9-10-17(16)23;8-6-3-9-1-5(6)2-10-7(12)4-11/h4-10,12H,11,13H2,1-3H3;5-6,9,11H,1-4H2,(H,10,12). The van der Waals surface area contributed by atoms with E-state index in [1.54, 1.807) is 0 Å². The normalized spacial score (nSPS) is 17.3. The maximum absolute atomic E-state index is 14.1. The molecule has 4 rings (SSSR count). The lowest BCUT2D eigenvalue weighted by Gasteiger charge is -2.16. The number of rotatable bonds is 7. The molecule has 3 N–H and O–H groups in total. The number of oxazole rings is 1. The number of nitrogens with one attached hydrogen (secondary N) is 2. The number of amides is 1. The third-order valence-electron chi connectivity index (χ3n) is 5.80. The van der Waals surface area contributed by atoms with Crippen molar-refractivity contribution >= 4 is 5.91 Å². The Labute approximate surface area is 215 Å². The molecule has 2 atom stereocenters. The SMILES string of the molecule is CC(C)(C)Cc1nc(-c2cc(F)ccc2F)oc1Cc1ccccc1.O=C(CO)NCC1CNCC1F. The van der Waals surface area contributed by atoms with Crippen molar-refractivity contribution in [2.24, 2.45) is 11.3 Å². The average molecular weight is 518 g/mol. The summed E-state index contributed by atoms with van der Waals surface area (Å²) in [4.78, 5) is 15.1. The van der Waals surface area contributed by atoms with E-state index in [0.29, 0.717) is 38.2 Å². The van der Waals surface area contributed by atoms with Gasteiger partial charge in [0.2, 0.25) is 11.8 Å². The summed E-state index contributed by atoms with van der Waals surface area (Å²) in [5.74, 6) is -0.843. The number of alkyl halides is 1. The lowest BCUT2D eigenvalue weighted by molar-refractivity contribution is -0.124. The van der Waals surface area contributed by atoms with Crippen molar-refractivity contribution < 1.29 is 27.5 Å². The first-order valence-corrected chi connectivity index (χ1v) is 12.3. The molecule has 0 aliphatic carbocycles. The zero-order valence-electron chi connectivity index (χ0n) is 21.4. The van der Waals surface area contributed by atoms with E-state index in [-0.39, 0.29) is 22.8 Å². The van der Waals surface area contributed by atoms with Crippen LogP contribution >= 0.6 is 0 Å². The number of nitrogens with zero attached hydrogens (tertiary/aromatic N) is 1. The van der Waals surface area contributed by atoms with Crippen LogP contribution in [0.1, 0.15) is 37.8 Å². The lowest BCUT2D eigenvalue weighted by atomic mass is 9.89. The quantitative estimate of drug-likeness (QED) is 0.431. The molecule has 1 fully saturated rings. The molecule has 200 valence electrons. The summed E-state index contributed by atoms with van der Waals surface area (Å²) >= 11 is 0. The number of aliphatic hydroxyl groups excluding tert-OH is 1. The van der Waals surface area contributed by atoms with Gasteiger partial charge in [-0.25, -0.2) is 18.2 Å². The Morgan fingerprint density at radius 3 is 2.51 bits per heavy atom. The van der Waals surface area contributed by atoms with E-state index in [9.17, 15) is 18.0 Å². The van der Waals surface area contributed by atoms with Crippen molar-refractivity contribution in [3.63, 3.8) is 0 Å². The van der Waals surface area contributed by atoms with E-state index in [2.05, 4.69) is 36.4 Å². The monoisotopic (exact) mass is 517 g/mol. The second kappa shape index (κ2) is 12.9. The van der Waals surface area contributed by atoms with Gasteiger partial charge in [-0.3, -0.25) is 4.79 Å². The third kappa shape index (κ3) is 8.72. The van der Waals surface area contributed by atoms with Gasteiger partial charge in [0.25, 0.3) is 0 Å². The Morgan fingerprint density at radius 1 is 1.16 bits per heavy atom. The number of hydrogen-bond donors (Lipinski definition) is 3. The van der Waals surface area contributed by atoms with Gasteiger partial charge in [0, 0.05) is 32.0 Å². The smallest absolute Gasteiger partial charge is 0.245 e. The fraction of sp³-hybridized carbons (Fsp3) is 0.429. The van der Waals surface area contributed by atoms with Gasteiger partial charge in [-0.05, 0) is 35.6 Å². The van der Waals surface area contributed by atoms with Crippen LogP contribution in [0.15, 0.2) is 52.9 Å². The van der Waals surface area contributed by atoms with Crippen LogP contribution in [0.5, 0.6) is 0 Å². The highest BCUT2D eigenvalue weighted by Gasteiger charge is 2.26. The molecule has 1 amide bonds. The van der Waals surface area contributed by atoms with Gasteiger partial charge in [-0.1, -0.05) is 51.1 Å². The molecule has 0 radical (unpaired) electrons. The molecule has 6 nitrogen and oxygen atoms in total. The number of benzene rings is 2. The zero-order chi connectivity index (χ0) is 27.0. The van der Waals surface area contributed by atoms with Gasteiger partial charge in [-0.15, -0.1) is 0 Å². The van der Waals surface area contributed by atoms with E-state index in [4.69, 9.17) is 9.52 Å². The summed E-state index contributed by atoms with van der Waals surface area (Å²) in [6.45, 7) is 7.04. The molecule has 0 spiro atoms. The van der Waals surface area contributed by atoms with Crippen molar-refractivity contribution in [2.75, 3.05) is 26.2 Å². The summed E-state index contributed by atoms with van der Waals surface area (Å²) in [6.07, 6.45) is 0.371. The van der Waals surface area contributed by atoms with Gasteiger partial charge < -0.3 is 20.2 Å². The third-order valence-corrected chi connectivity index (χ3v) is 5.80. The highest BCUT2D eigenvalue weighted by Crippen LogP contribution is 2.30. The van der Waals surface area contributed by atoms with E-state index >= 15 is 0 Å². The summed E-state index contributed by atoms with van der Waals surface area (Å²) in [7, 11) is 0. The van der Waals surface area contributed by atoms with Gasteiger partial charge in [0.1, 0.15) is 30.2 Å². The van der Waals surface area contributed by atoms with Crippen LogP contribution in [0, 0.1) is 23.0 Å². The fourth-order valence-corrected chi connectivity index (χ4v) is 3.92. The molecule has 2 aromatic carbocycles. The Bertz CT molecular complexity index is 1160. The lowest BCUT2D eigenvalue weighted by Crippen LogP contribution is -2.34.